The Morgan fingerprint density at radius 1 is 0.897 bits per heavy atom. The highest BCUT2D eigenvalue weighted by Crippen LogP contribution is 2.40. The van der Waals surface area contributed by atoms with Crippen molar-refractivity contribution in [3.05, 3.63) is 96.1 Å². The van der Waals surface area contributed by atoms with Gasteiger partial charge in [-0.05, 0) is 49.1 Å². The predicted molar refractivity (Wildman–Crippen MR) is 150 cm³/mol. The molecule has 3 aromatic rings. The molecule has 0 saturated carbocycles. The van der Waals surface area contributed by atoms with Crippen LogP contribution in [0, 0.1) is 0 Å². The Labute approximate surface area is 229 Å². The summed E-state index contributed by atoms with van der Waals surface area (Å²) in [6, 6.07) is 27.0. The van der Waals surface area contributed by atoms with Crippen molar-refractivity contribution >= 4 is 23.4 Å². The summed E-state index contributed by atoms with van der Waals surface area (Å²) in [5.41, 5.74) is 1.80. The first-order chi connectivity index (χ1) is 19.0. The average molecular weight is 527 g/mol. The van der Waals surface area contributed by atoms with E-state index in [4.69, 9.17) is 4.74 Å². The molecule has 2 saturated heterocycles. The van der Waals surface area contributed by atoms with Crippen molar-refractivity contribution in [1.29, 1.82) is 0 Å². The molecule has 202 valence electrons. The summed E-state index contributed by atoms with van der Waals surface area (Å²) in [4.78, 5) is 45.6. The van der Waals surface area contributed by atoms with E-state index in [0.717, 1.165) is 17.7 Å². The highest BCUT2D eigenvalue weighted by Gasteiger charge is 2.54. The second-order valence-corrected chi connectivity index (χ2v) is 10.0. The lowest BCUT2D eigenvalue weighted by Crippen LogP contribution is -2.57. The number of rotatable bonds is 8. The first-order valence-corrected chi connectivity index (χ1v) is 13.4. The van der Waals surface area contributed by atoms with Crippen molar-refractivity contribution in [3.8, 4) is 5.75 Å². The minimum Gasteiger partial charge on any atom is -0.496 e. The van der Waals surface area contributed by atoms with E-state index in [-0.39, 0.29) is 24.3 Å². The summed E-state index contributed by atoms with van der Waals surface area (Å²) in [7, 11) is 1.55. The standard InChI is InChI=1S/C31H34N4O4/c1-39-27-15-9-8-14-26(27)29(37)33-20-17-31(18-21-33)30(38)34(23-35(31)25-12-6-3-7-13-25)22-28(36)32-19-16-24-10-4-2-5-11-24/h2-15H,16-23H2,1H3,(H,32,36). The number of likely N-dealkylation sites (tertiary alicyclic amines) is 1. The maximum Gasteiger partial charge on any atom is 0.257 e. The lowest BCUT2D eigenvalue weighted by atomic mass is 9.85. The Bertz CT molecular complexity index is 1310. The smallest absolute Gasteiger partial charge is 0.257 e. The van der Waals surface area contributed by atoms with Crippen LogP contribution in [0.15, 0.2) is 84.9 Å². The molecule has 0 unspecified atom stereocenters. The zero-order valence-electron chi connectivity index (χ0n) is 22.2. The molecule has 2 heterocycles. The average Bonchev–Trinajstić information content (AvgIpc) is 3.24. The molecule has 1 N–H and O–H groups in total. The van der Waals surface area contributed by atoms with Crippen LogP contribution in [0.4, 0.5) is 5.69 Å². The molecule has 1 spiro atoms. The number of ether oxygens (including phenoxy) is 1. The number of piperidine rings is 1. The second-order valence-electron chi connectivity index (χ2n) is 10.0. The number of anilines is 1. The van der Waals surface area contributed by atoms with Gasteiger partial charge in [0.15, 0.2) is 0 Å². The third kappa shape index (κ3) is 5.46. The number of nitrogens with one attached hydrogen (secondary N) is 1. The molecule has 0 bridgehead atoms. The Balaban J connectivity index is 1.28. The second kappa shape index (κ2) is 11.6. The van der Waals surface area contributed by atoms with Gasteiger partial charge in [-0.2, -0.15) is 0 Å². The van der Waals surface area contributed by atoms with Gasteiger partial charge in [-0.25, -0.2) is 0 Å². The molecule has 0 aromatic heterocycles. The largest absolute Gasteiger partial charge is 0.496 e. The third-order valence-electron chi connectivity index (χ3n) is 7.71. The Morgan fingerprint density at radius 2 is 1.54 bits per heavy atom. The van der Waals surface area contributed by atoms with Crippen LogP contribution in [0.1, 0.15) is 28.8 Å². The van der Waals surface area contributed by atoms with Gasteiger partial charge >= 0.3 is 0 Å². The number of para-hydroxylation sites is 2. The lowest BCUT2D eigenvalue weighted by Gasteiger charge is -2.43. The van der Waals surface area contributed by atoms with Crippen molar-refractivity contribution in [2.45, 2.75) is 24.8 Å². The third-order valence-corrected chi connectivity index (χ3v) is 7.71. The van der Waals surface area contributed by atoms with E-state index >= 15 is 0 Å². The summed E-state index contributed by atoms with van der Waals surface area (Å²) >= 11 is 0. The maximum atomic E-state index is 13.9. The zero-order chi connectivity index (χ0) is 27.2. The molecule has 8 heteroatoms. The van der Waals surface area contributed by atoms with Crippen LogP contribution in [0.5, 0.6) is 5.75 Å². The predicted octanol–water partition coefficient (Wildman–Crippen LogP) is 3.34. The van der Waals surface area contributed by atoms with Crippen LogP contribution in [-0.4, -0.2) is 73.0 Å². The molecule has 39 heavy (non-hydrogen) atoms. The van der Waals surface area contributed by atoms with Gasteiger partial charge in [0.2, 0.25) is 5.91 Å². The fourth-order valence-electron chi connectivity index (χ4n) is 5.61. The van der Waals surface area contributed by atoms with Gasteiger partial charge in [0.25, 0.3) is 11.8 Å². The monoisotopic (exact) mass is 526 g/mol. The molecule has 0 aliphatic carbocycles. The van der Waals surface area contributed by atoms with Crippen LogP contribution in [0.2, 0.25) is 0 Å². The van der Waals surface area contributed by atoms with Crippen molar-refractivity contribution < 1.29 is 19.1 Å². The molecule has 2 aliphatic rings. The molecular formula is C31H34N4O4. The molecule has 5 rings (SSSR count). The molecule has 3 amide bonds. The summed E-state index contributed by atoms with van der Waals surface area (Å²) in [6.07, 6.45) is 1.69. The first-order valence-electron chi connectivity index (χ1n) is 13.4. The minimum absolute atomic E-state index is 0.00255. The Morgan fingerprint density at radius 3 is 2.23 bits per heavy atom. The SMILES string of the molecule is COc1ccccc1C(=O)N1CCC2(CC1)C(=O)N(CC(=O)NCCc1ccccc1)CN2c1ccccc1. The van der Waals surface area contributed by atoms with Crippen LogP contribution in [-0.2, 0) is 16.0 Å². The quantitative estimate of drug-likeness (QED) is 0.487. The molecular weight excluding hydrogens is 492 g/mol. The van der Waals surface area contributed by atoms with E-state index in [1.807, 2.05) is 72.8 Å². The number of methoxy groups -OCH3 is 1. The van der Waals surface area contributed by atoms with Gasteiger partial charge in [0.05, 0.1) is 19.3 Å². The topological polar surface area (TPSA) is 82.2 Å². The lowest BCUT2D eigenvalue weighted by molar-refractivity contribution is -0.137. The Kier molecular flexibility index (Phi) is 7.81. The van der Waals surface area contributed by atoms with Crippen LogP contribution >= 0.6 is 0 Å². The number of carbonyl (C=O) groups excluding carboxylic acids is 3. The van der Waals surface area contributed by atoms with Crippen LogP contribution in [0.3, 0.4) is 0 Å². The van der Waals surface area contributed by atoms with Gasteiger partial charge < -0.3 is 24.8 Å². The van der Waals surface area contributed by atoms with Crippen LogP contribution in [0.25, 0.3) is 0 Å². The summed E-state index contributed by atoms with van der Waals surface area (Å²) in [5, 5.41) is 2.96. The highest BCUT2D eigenvalue weighted by molar-refractivity contribution is 5.99. The Hall–Kier alpha value is -4.33. The van der Waals surface area contributed by atoms with Gasteiger partial charge in [0.1, 0.15) is 17.8 Å². The van der Waals surface area contributed by atoms with Crippen molar-refractivity contribution in [2.24, 2.45) is 0 Å². The molecule has 0 radical (unpaired) electrons. The van der Waals surface area contributed by atoms with E-state index in [0.29, 0.717) is 50.5 Å². The number of hydrogen-bond acceptors (Lipinski definition) is 5. The maximum absolute atomic E-state index is 13.9. The van der Waals surface area contributed by atoms with E-state index in [9.17, 15) is 14.4 Å². The van der Waals surface area contributed by atoms with E-state index in [2.05, 4.69) is 10.2 Å². The number of amides is 3. The van der Waals surface area contributed by atoms with Gasteiger partial charge in [0, 0.05) is 25.3 Å². The number of hydrogen-bond donors (Lipinski definition) is 1. The van der Waals surface area contributed by atoms with Gasteiger partial charge in [-0.1, -0.05) is 60.7 Å². The van der Waals surface area contributed by atoms with E-state index < -0.39 is 5.54 Å². The highest BCUT2D eigenvalue weighted by atomic mass is 16.5. The molecule has 0 atom stereocenters. The fourth-order valence-corrected chi connectivity index (χ4v) is 5.61. The molecule has 2 fully saturated rings. The molecule has 8 nitrogen and oxygen atoms in total. The van der Waals surface area contributed by atoms with Crippen LogP contribution < -0.4 is 15.0 Å². The van der Waals surface area contributed by atoms with Crippen molar-refractivity contribution in [1.82, 2.24) is 15.1 Å². The number of benzene rings is 3. The van der Waals surface area contributed by atoms with E-state index in [1.54, 1.807) is 29.0 Å². The first kappa shape index (κ1) is 26.3. The summed E-state index contributed by atoms with van der Waals surface area (Å²) in [5.74, 6) is 0.200. The van der Waals surface area contributed by atoms with Gasteiger partial charge in [-0.15, -0.1) is 0 Å². The summed E-state index contributed by atoms with van der Waals surface area (Å²) in [6.45, 7) is 1.71. The van der Waals surface area contributed by atoms with Crippen molar-refractivity contribution in [2.75, 3.05) is 44.9 Å². The normalized spacial score (nSPS) is 16.4. The summed E-state index contributed by atoms with van der Waals surface area (Å²) < 4.78 is 5.39. The zero-order valence-corrected chi connectivity index (χ0v) is 22.2. The molecule has 2 aliphatic heterocycles. The van der Waals surface area contributed by atoms with Gasteiger partial charge in [-0.3, -0.25) is 14.4 Å². The number of nitrogens with zero attached hydrogens (tertiary/aromatic N) is 3. The number of carbonyl (C=O) groups is 3. The van der Waals surface area contributed by atoms with Crippen molar-refractivity contribution in [3.63, 3.8) is 0 Å². The van der Waals surface area contributed by atoms with E-state index in [1.165, 1.54) is 0 Å². The fraction of sp³-hybridized carbons (Fsp3) is 0.323. The minimum atomic E-state index is -0.802. The molecule has 3 aromatic carbocycles.